The van der Waals surface area contributed by atoms with Crippen LogP contribution in [0.5, 0.6) is 0 Å². The molecular formula is C20H23F3N2O. The van der Waals surface area contributed by atoms with Gasteiger partial charge in [0.25, 0.3) is 5.91 Å². The quantitative estimate of drug-likeness (QED) is 0.784. The maximum absolute atomic E-state index is 12.6. The van der Waals surface area contributed by atoms with Crippen molar-refractivity contribution in [3.63, 3.8) is 0 Å². The number of likely N-dealkylation sites (N-methyl/N-ethyl adjacent to an activating group) is 1. The molecule has 3 nitrogen and oxygen atoms in total. The highest BCUT2D eigenvalue weighted by Crippen LogP contribution is 2.29. The smallest absolute Gasteiger partial charge is 0.350 e. The highest BCUT2D eigenvalue weighted by Gasteiger charge is 2.30. The molecule has 26 heavy (non-hydrogen) atoms. The van der Waals surface area contributed by atoms with E-state index in [1.165, 1.54) is 12.1 Å². The Morgan fingerprint density at radius 1 is 1.00 bits per heavy atom. The summed E-state index contributed by atoms with van der Waals surface area (Å²) in [6, 6.07) is 14.1. The molecule has 0 fully saturated rings. The van der Waals surface area contributed by atoms with Crippen molar-refractivity contribution in [2.75, 3.05) is 19.6 Å². The summed E-state index contributed by atoms with van der Waals surface area (Å²) in [5.74, 6) is -0.383. The Hall–Kier alpha value is -2.34. The Bertz CT molecular complexity index is 695. The van der Waals surface area contributed by atoms with Crippen LogP contribution in [0.3, 0.4) is 0 Å². The molecule has 2 aromatic rings. The number of amides is 1. The molecule has 0 saturated carbocycles. The number of benzene rings is 2. The van der Waals surface area contributed by atoms with Crippen LogP contribution >= 0.6 is 0 Å². The third kappa shape index (κ3) is 5.08. The zero-order chi connectivity index (χ0) is 19.2. The second kappa shape index (κ2) is 8.85. The standard InChI is InChI=1S/C20H23F3N2O/c1-3-25(4-2)18(15-8-6-5-7-9-15)14-24-19(26)16-10-12-17(13-11-16)20(21,22)23/h5-13,18H,3-4,14H2,1-2H3,(H,24,26)/t18-/m0/s1. The van der Waals surface area contributed by atoms with Crippen molar-refractivity contribution in [3.05, 3.63) is 71.3 Å². The van der Waals surface area contributed by atoms with E-state index in [2.05, 4.69) is 24.1 Å². The first-order valence-corrected chi connectivity index (χ1v) is 8.61. The summed E-state index contributed by atoms with van der Waals surface area (Å²) in [5.41, 5.74) is 0.535. The van der Waals surface area contributed by atoms with Crippen LogP contribution < -0.4 is 5.32 Å². The average Bonchev–Trinajstić information content (AvgIpc) is 2.65. The molecule has 0 spiro atoms. The largest absolute Gasteiger partial charge is 0.416 e. The van der Waals surface area contributed by atoms with Crippen molar-refractivity contribution in [1.29, 1.82) is 0 Å². The molecule has 2 rings (SSSR count). The van der Waals surface area contributed by atoms with Gasteiger partial charge in [0.1, 0.15) is 0 Å². The zero-order valence-electron chi connectivity index (χ0n) is 14.9. The summed E-state index contributed by atoms with van der Waals surface area (Å²) >= 11 is 0. The fourth-order valence-electron chi connectivity index (χ4n) is 2.90. The minimum Gasteiger partial charge on any atom is -0.350 e. The van der Waals surface area contributed by atoms with Gasteiger partial charge in [-0.05, 0) is 42.9 Å². The first kappa shape index (κ1) is 20.0. The molecule has 1 N–H and O–H groups in total. The van der Waals surface area contributed by atoms with E-state index in [1.807, 2.05) is 30.3 Å². The van der Waals surface area contributed by atoms with Crippen LogP contribution in [0.1, 0.15) is 41.4 Å². The minimum atomic E-state index is -4.41. The Kier molecular flexibility index (Phi) is 6.80. The number of nitrogens with zero attached hydrogens (tertiary/aromatic N) is 1. The summed E-state index contributed by atoms with van der Waals surface area (Å²) in [6.07, 6.45) is -4.41. The lowest BCUT2D eigenvalue weighted by molar-refractivity contribution is -0.137. The fourth-order valence-corrected chi connectivity index (χ4v) is 2.90. The van der Waals surface area contributed by atoms with Gasteiger partial charge in [0, 0.05) is 12.1 Å². The van der Waals surface area contributed by atoms with E-state index in [1.54, 1.807) is 0 Å². The van der Waals surface area contributed by atoms with Gasteiger partial charge in [-0.15, -0.1) is 0 Å². The second-order valence-electron chi connectivity index (χ2n) is 5.93. The summed E-state index contributed by atoms with van der Waals surface area (Å²) in [6.45, 7) is 6.14. The number of rotatable bonds is 7. The Morgan fingerprint density at radius 3 is 2.08 bits per heavy atom. The van der Waals surface area contributed by atoms with Crippen LogP contribution in [0, 0.1) is 0 Å². The summed E-state index contributed by atoms with van der Waals surface area (Å²) in [7, 11) is 0. The molecule has 0 unspecified atom stereocenters. The first-order chi connectivity index (χ1) is 12.4. The number of carbonyl (C=O) groups excluding carboxylic acids is 1. The van der Waals surface area contributed by atoms with E-state index in [9.17, 15) is 18.0 Å². The van der Waals surface area contributed by atoms with E-state index < -0.39 is 11.7 Å². The maximum Gasteiger partial charge on any atom is 0.416 e. The van der Waals surface area contributed by atoms with E-state index in [-0.39, 0.29) is 17.5 Å². The molecule has 0 bridgehead atoms. The fraction of sp³-hybridized carbons (Fsp3) is 0.350. The van der Waals surface area contributed by atoms with E-state index in [4.69, 9.17) is 0 Å². The van der Waals surface area contributed by atoms with Crippen molar-refractivity contribution >= 4 is 5.91 Å². The molecule has 1 atom stereocenters. The molecule has 0 aromatic heterocycles. The average molecular weight is 364 g/mol. The molecule has 140 valence electrons. The van der Waals surface area contributed by atoms with Crippen molar-refractivity contribution in [1.82, 2.24) is 10.2 Å². The van der Waals surface area contributed by atoms with Crippen molar-refractivity contribution in [2.24, 2.45) is 0 Å². The predicted octanol–water partition coefficient (Wildman–Crippen LogP) is 4.52. The molecular weight excluding hydrogens is 341 g/mol. The van der Waals surface area contributed by atoms with Crippen LogP contribution in [-0.4, -0.2) is 30.4 Å². The molecule has 6 heteroatoms. The van der Waals surface area contributed by atoms with Gasteiger partial charge in [-0.3, -0.25) is 9.69 Å². The number of alkyl halides is 3. The van der Waals surface area contributed by atoms with E-state index in [0.29, 0.717) is 6.54 Å². The summed E-state index contributed by atoms with van der Waals surface area (Å²) in [5, 5.41) is 2.84. The van der Waals surface area contributed by atoms with Gasteiger partial charge in [-0.2, -0.15) is 13.2 Å². The van der Waals surface area contributed by atoms with Crippen molar-refractivity contribution in [2.45, 2.75) is 26.1 Å². The van der Waals surface area contributed by atoms with Crippen LogP contribution in [0.4, 0.5) is 13.2 Å². The van der Waals surface area contributed by atoms with Crippen molar-refractivity contribution < 1.29 is 18.0 Å². The second-order valence-corrected chi connectivity index (χ2v) is 5.93. The Labute approximate surface area is 151 Å². The lowest BCUT2D eigenvalue weighted by Gasteiger charge is -2.30. The van der Waals surface area contributed by atoms with Gasteiger partial charge in [0.05, 0.1) is 11.6 Å². The zero-order valence-corrected chi connectivity index (χ0v) is 14.9. The third-order valence-corrected chi connectivity index (χ3v) is 4.37. The highest BCUT2D eigenvalue weighted by molar-refractivity contribution is 5.94. The maximum atomic E-state index is 12.6. The van der Waals surface area contributed by atoms with Gasteiger partial charge in [-0.1, -0.05) is 44.2 Å². The Balaban J connectivity index is 2.09. The predicted molar refractivity (Wildman–Crippen MR) is 95.9 cm³/mol. The molecule has 0 aliphatic carbocycles. The number of hydrogen-bond donors (Lipinski definition) is 1. The van der Waals surface area contributed by atoms with E-state index in [0.717, 1.165) is 30.8 Å². The molecule has 0 radical (unpaired) electrons. The normalized spacial score (nSPS) is 12.8. The number of halogens is 3. The van der Waals surface area contributed by atoms with Crippen LogP contribution in [0.2, 0.25) is 0 Å². The highest BCUT2D eigenvalue weighted by atomic mass is 19.4. The number of hydrogen-bond acceptors (Lipinski definition) is 2. The van der Waals surface area contributed by atoms with Crippen LogP contribution in [0.15, 0.2) is 54.6 Å². The third-order valence-electron chi connectivity index (χ3n) is 4.37. The van der Waals surface area contributed by atoms with Gasteiger partial charge in [-0.25, -0.2) is 0 Å². The number of nitrogens with one attached hydrogen (secondary N) is 1. The van der Waals surface area contributed by atoms with Gasteiger partial charge >= 0.3 is 6.18 Å². The summed E-state index contributed by atoms with van der Waals surface area (Å²) in [4.78, 5) is 14.6. The molecule has 1 amide bonds. The van der Waals surface area contributed by atoms with Crippen LogP contribution in [-0.2, 0) is 6.18 Å². The molecule has 0 aliphatic heterocycles. The molecule has 2 aromatic carbocycles. The first-order valence-electron chi connectivity index (χ1n) is 8.61. The molecule has 0 saturated heterocycles. The minimum absolute atomic E-state index is 0.00426. The SMILES string of the molecule is CCN(CC)[C@@H](CNC(=O)c1ccc(C(F)(F)F)cc1)c1ccccc1. The number of carbonyl (C=O) groups is 1. The lowest BCUT2D eigenvalue weighted by Crippen LogP contribution is -2.38. The van der Waals surface area contributed by atoms with Gasteiger partial charge in [0.15, 0.2) is 0 Å². The molecule has 0 aliphatic rings. The molecule has 0 heterocycles. The van der Waals surface area contributed by atoms with Crippen LogP contribution in [0.25, 0.3) is 0 Å². The van der Waals surface area contributed by atoms with Crippen molar-refractivity contribution in [3.8, 4) is 0 Å². The lowest BCUT2D eigenvalue weighted by atomic mass is 10.0. The van der Waals surface area contributed by atoms with Gasteiger partial charge < -0.3 is 5.32 Å². The summed E-state index contributed by atoms with van der Waals surface area (Å²) < 4.78 is 37.9. The van der Waals surface area contributed by atoms with E-state index >= 15 is 0 Å². The van der Waals surface area contributed by atoms with Gasteiger partial charge in [0.2, 0.25) is 0 Å². The monoisotopic (exact) mass is 364 g/mol. The Morgan fingerprint density at radius 2 is 1.58 bits per heavy atom. The topological polar surface area (TPSA) is 32.3 Å².